The summed E-state index contributed by atoms with van der Waals surface area (Å²) in [6.07, 6.45) is 15.2. The summed E-state index contributed by atoms with van der Waals surface area (Å²) in [5, 5.41) is 9.32. The Balaban J connectivity index is 1.44. The molecule has 4 aliphatic carbocycles. The van der Waals surface area contributed by atoms with E-state index >= 15 is 0 Å². The first-order valence-electron chi connectivity index (χ1n) is 12.9. The van der Waals surface area contributed by atoms with Gasteiger partial charge in [0.2, 0.25) is 0 Å². The van der Waals surface area contributed by atoms with E-state index in [9.17, 15) is 9.90 Å². The van der Waals surface area contributed by atoms with Crippen molar-refractivity contribution in [1.82, 2.24) is 0 Å². The summed E-state index contributed by atoms with van der Waals surface area (Å²) in [5.74, 6) is 6.14. The van der Waals surface area contributed by atoms with Crippen LogP contribution in [0.5, 0.6) is 0 Å². The van der Waals surface area contributed by atoms with E-state index in [0.717, 1.165) is 42.4 Å². The zero-order chi connectivity index (χ0) is 20.8. The van der Waals surface area contributed by atoms with Crippen molar-refractivity contribution < 1.29 is 9.90 Å². The van der Waals surface area contributed by atoms with Crippen molar-refractivity contribution in [3.63, 3.8) is 0 Å². The van der Waals surface area contributed by atoms with Crippen LogP contribution in [0.1, 0.15) is 105 Å². The molecule has 0 bridgehead atoms. The monoisotopic (exact) mass is 402 g/mol. The molecule has 0 aliphatic heterocycles. The summed E-state index contributed by atoms with van der Waals surface area (Å²) in [6.45, 7) is 10.3. The number of rotatable bonds is 6. The van der Waals surface area contributed by atoms with Gasteiger partial charge in [-0.05, 0) is 104 Å². The van der Waals surface area contributed by atoms with Crippen LogP contribution in [0.4, 0.5) is 0 Å². The van der Waals surface area contributed by atoms with Crippen LogP contribution in [0.15, 0.2) is 0 Å². The fraction of sp³-hybridized carbons (Fsp3) is 0.963. The molecule has 2 unspecified atom stereocenters. The first kappa shape index (κ1) is 21.8. The molecular weight excluding hydrogens is 356 g/mol. The van der Waals surface area contributed by atoms with Crippen molar-refractivity contribution >= 4 is 5.78 Å². The average molecular weight is 403 g/mol. The van der Waals surface area contributed by atoms with Crippen molar-refractivity contribution in [1.29, 1.82) is 0 Å². The van der Waals surface area contributed by atoms with Crippen LogP contribution in [0.25, 0.3) is 0 Å². The molecule has 1 N–H and O–H groups in total. The second-order valence-corrected chi connectivity index (χ2v) is 12.3. The lowest BCUT2D eigenvalue weighted by Crippen LogP contribution is -2.53. The first-order valence-corrected chi connectivity index (χ1v) is 12.9. The quantitative estimate of drug-likeness (QED) is 0.540. The number of aliphatic hydroxyl groups excluding tert-OH is 1. The van der Waals surface area contributed by atoms with E-state index in [4.69, 9.17) is 0 Å². The summed E-state index contributed by atoms with van der Waals surface area (Å²) < 4.78 is 0. The molecule has 0 heterocycles. The van der Waals surface area contributed by atoms with Crippen LogP contribution in [-0.2, 0) is 4.79 Å². The highest BCUT2D eigenvalue weighted by atomic mass is 16.3. The summed E-state index contributed by atoms with van der Waals surface area (Å²) in [7, 11) is 0. The molecule has 4 aliphatic rings. The van der Waals surface area contributed by atoms with E-state index in [0.29, 0.717) is 35.1 Å². The second kappa shape index (κ2) is 8.29. The lowest BCUT2D eigenvalue weighted by Gasteiger charge is -2.60. The molecule has 29 heavy (non-hydrogen) atoms. The van der Waals surface area contributed by atoms with Crippen LogP contribution in [-0.4, -0.2) is 17.5 Å². The Hall–Kier alpha value is -0.370. The third-order valence-corrected chi connectivity index (χ3v) is 10.9. The number of fused-ring (bicyclic) bond motifs is 5. The normalized spacial score (nSPS) is 46.5. The van der Waals surface area contributed by atoms with Gasteiger partial charge in [-0.2, -0.15) is 0 Å². The molecule has 0 amide bonds. The predicted molar refractivity (Wildman–Crippen MR) is 119 cm³/mol. The summed E-state index contributed by atoms with van der Waals surface area (Å²) in [6, 6.07) is 0. The van der Waals surface area contributed by atoms with Gasteiger partial charge in [-0.1, -0.05) is 40.5 Å². The number of hydrogen-bond donors (Lipinski definition) is 1. The van der Waals surface area contributed by atoms with Gasteiger partial charge in [-0.25, -0.2) is 0 Å². The van der Waals surface area contributed by atoms with Gasteiger partial charge in [-0.3, -0.25) is 4.79 Å². The minimum atomic E-state index is 0.339. The molecule has 166 valence electrons. The minimum absolute atomic E-state index is 0.339. The second-order valence-electron chi connectivity index (χ2n) is 12.3. The Labute approximate surface area is 179 Å². The topological polar surface area (TPSA) is 37.3 Å². The standard InChI is InChI=1S/C27H46O2/c1-18(17-28)6-5-7-19(2)23-10-11-24-22-9-8-20-16-21(29)12-14-26(20,3)25(22)13-15-27(23,24)4/h18-20,22-25,28H,5-17H2,1-4H3/t18?,19-,20?,22+,23-,24+,25+,26+,27-/m1/s1. The molecule has 0 aromatic heterocycles. The lowest BCUT2D eigenvalue weighted by atomic mass is 9.44. The van der Waals surface area contributed by atoms with Crippen molar-refractivity contribution in [2.45, 2.75) is 105 Å². The maximum absolute atomic E-state index is 12.1. The maximum Gasteiger partial charge on any atom is 0.133 e. The fourth-order valence-corrected chi connectivity index (χ4v) is 9.10. The predicted octanol–water partition coefficient (Wildman–Crippen LogP) is 6.65. The van der Waals surface area contributed by atoms with Crippen LogP contribution in [0, 0.1) is 52.3 Å². The highest BCUT2D eigenvalue weighted by Crippen LogP contribution is 2.68. The molecule has 4 fully saturated rings. The highest BCUT2D eigenvalue weighted by molar-refractivity contribution is 5.79. The Bertz CT molecular complexity index is 599. The Morgan fingerprint density at radius 1 is 0.966 bits per heavy atom. The number of carbonyl (C=O) groups excluding carboxylic acids is 1. The van der Waals surface area contributed by atoms with E-state index < -0.39 is 0 Å². The highest BCUT2D eigenvalue weighted by Gasteiger charge is 2.60. The van der Waals surface area contributed by atoms with Gasteiger partial charge >= 0.3 is 0 Å². The number of ketones is 1. The van der Waals surface area contributed by atoms with Gasteiger partial charge in [-0.15, -0.1) is 0 Å². The van der Waals surface area contributed by atoms with Crippen LogP contribution < -0.4 is 0 Å². The molecular formula is C27H46O2. The molecule has 0 radical (unpaired) electrons. The van der Waals surface area contributed by atoms with Crippen LogP contribution in [0.3, 0.4) is 0 Å². The van der Waals surface area contributed by atoms with Gasteiger partial charge < -0.3 is 5.11 Å². The lowest BCUT2D eigenvalue weighted by molar-refractivity contribution is -0.140. The molecule has 0 saturated heterocycles. The molecule has 4 saturated carbocycles. The van der Waals surface area contributed by atoms with Gasteiger partial charge in [0.05, 0.1) is 0 Å². The molecule has 2 nitrogen and oxygen atoms in total. The van der Waals surface area contributed by atoms with E-state index in [1.165, 1.54) is 64.2 Å². The Morgan fingerprint density at radius 3 is 2.48 bits per heavy atom. The largest absolute Gasteiger partial charge is 0.396 e. The molecule has 2 heteroatoms. The zero-order valence-corrected chi connectivity index (χ0v) is 19.6. The van der Waals surface area contributed by atoms with Crippen LogP contribution >= 0.6 is 0 Å². The van der Waals surface area contributed by atoms with Crippen molar-refractivity contribution in [3.05, 3.63) is 0 Å². The molecule has 0 aromatic rings. The number of carbonyl (C=O) groups is 1. The molecule has 9 atom stereocenters. The minimum Gasteiger partial charge on any atom is -0.396 e. The third kappa shape index (κ3) is 3.74. The number of aliphatic hydroxyl groups is 1. The van der Waals surface area contributed by atoms with E-state index in [2.05, 4.69) is 27.7 Å². The van der Waals surface area contributed by atoms with Gasteiger partial charge in [0.25, 0.3) is 0 Å². The van der Waals surface area contributed by atoms with Gasteiger partial charge in [0, 0.05) is 19.4 Å². The summed E-state index contributed by atoms with van der Waals surface area (Å²) >= 11 is 0. The van der Waals surface area contributed by atoms with Gasteiger partial charge in [0.15, 0.2) is 0 Å². The van der Waals surface area contributed by atoms with Crippen molar-refractivity contribution in [3.8, 4) is 0 Å². The van der Waals surface area contributed by atoms with Crippen molar-refractivity contribution in [2.24, 2.45) is 52.3 Å². The van der Waals surface area contributed by atoms with Crippen LogP contribution in [0.2, 0.25) is 0 Å². The molecule has 0 aromatic carbocycles. The third-order valence-electron chi connectivity index (χ3n) is 10.9. The first-order chi connectivity index (χ1) is 13.8. The zero-order valence-electron chi connectivity index (χ0n) is 19.6. The molecule has 4 rings (SSSR count). The number of hydrogen-bond acceptors (Lipinski definition) is 2. The maximum atomic E-state index is 12.1. The van der Waals surface area contributed by atoms with Gasteiger partial charge in [0.1, 0.15) is 5.78 Å². The average Bonchev–Trinajstić information content (AvgIpc) is 3.05. The Kier molecular flexibility index (Phi) is 6.24. The smallest absolute Gasteiger partial charge is 0.133 e. The summed E-state index contributed by atoms with van der Waals surface area (Å²) in [5.41, 5.74) is 0.999. The fourth-order valence-electron chi connectivity index (χ4n) is 9.10. The van der Waals surface area contributed by atoms with E-state index in [-0.39, 0.29) is 0 Å². The molecule has 0 spiro atoms. The number of Topliss-reactive ketones (excluding diaryl/α,β-unsaturated/α-hetero) is 1. The van der Waals surface area contributed by atoms with E-state index in [1.54, 1.807) is 0 Å². The van der Waals surface area contributed by atoms with Crippen molar-refractivity contribution in [2.75, 3.05) is 6.61 Å². The van der Waals surface area contributed by atoms with E-state index in [1.807, 2.05) is 0 Å². The SMILES string of the molecule is CC(CO)CCC[C@@H](C)[C@H]1CC[C@H]2[C@@H]3CCC4CC(=O)CC[C@]4(C)[C@H]3CC[C@]12C. The summed E-state index contributed by atoms with van der Waals surface area (Å²) in [4.78, 5) is 12.1. The Morgan fingerprint density at radius 2 is 1.72 bits per heavy atom.